The number of carbonyl (C=O) groups is 2. The Labute approximate surface area is 189 Å². The van der Waals surface area contributed by atoms with E-state index in [1.54, 1.807) is 13.8 Å². The minimum Gasteiger partial charge on any atom is -0.480 e. The number of rotatable bonds is 11. The molecule has 0 saturated carbocycles. The number of carboxylic acid groups (broad SMARTS) is 1. The van der Waals surface area contributed by atoms with Crippen LogP contribution in [0.1, 0.15) is 40.9 Å². The molecule has 0 radical (unpaired) electrons. The lowest BCUT2D eigenvalue weighted by Crippen LogP contribution is -2.42. The fourth-order valence-corrected chi connectivity index (χ4v) is 4.85. The minimum atomic E-state index is -4.65. The Balaban J connectivity index is 2.14. The molecule has 11 heteroatoms. The first-order chi connectivity index (χ1) is 15.5. The third-order valence-corrected chi connectivity index (χ3v) is 6.65. The summed E-state index contributed by atoms with van der Waals surface area (Å²) >= 11 is 0. The zero-order chi connectivity index (χ0) is 24.6. The summed E-state index contributed by atoms with van der Waals surface area (Å²) in [5, 5.41) is 11.7. The fraction of sp³-hybridized carbons (Fsp3) is 0.364. The van der Waals surface area contributed by atoms with Crippen LogP contribution >= 0.6 is 7.60 Å². The van der Waals surface area contributed by atoms with E-state index in [1.165, 1.54) is 42.5 Å². The second kappa shape index (κ2) is 11.4. The Morgan fingerprint density at radius 3 is 2.12 bits per heavy atom. The molecule has 1 atom stereocenters. The summed E-state index contributed by atoms with van der Waals surface area (Å²) in [6, 6.07) is 8.88. The first kappa shape index (κ1) is 26.6. The predicted molar refractivity (Wildman–Crippen MR) is 115 cm³/mol. The van der Waals surface area contributed by atoms with Gasteiger partial charge in [0.25, 0.3) is 5.91 Å². The van der Waals surface area contributed by atoms with Gasteiger partial charge in [-0.3, -0.25) is 9.36 Å². The summed E-state index contributed by atoms with van der Waals surface area (Å²) in [6.45, 7) is 3.77. The molecule has 2 rings (SSSR count). The van der Waals surface area contributed by atoms with Crippen molar-refractivity contribution >= 4 is 19.5 Å². The third kappa shape index (κ3) is 7.70. The summed E-state index contributed by atoms with van der Waals surface area (Å²) < 4.78 is 62.7. The molecule has 0 spiro atoms. The second-order valence-corrected chi connectivity index (χ2v) is 9.08. The van der Waals surface area contributed by atoms with Crippen molar-refractivity contribution in [2.45, 2.75) is 38.6 Å². The molecule has 0 fully saturated rings. The number of benzene rings is 2. The van der Waals surface area contributed by atoms with Gasteiger partial charge in [0.15, 0.2) is 0 Å². The predicted octanol–water partition coefficient (Wildman–Crippen LogP) is 4.90. The SMILES string of the molecule is CCOP(=O)(Cc1ccc(C(=O)N[C@H](Cc2ccccc2C(F)(F)F)C(=O)O)cc1)OCC. The van der Waals surface area contributed by atoms with Crippen molar-refractivity contribution in [2.24, 2.45) is 0 Å². The lowest BCUT2D eigenvalue weighted by Gasteiger charge is -2.18. The van der Waals surface area contributed by atoms with Crippen LogP contribution in [0, 0.1) is 0 Å². The average molecular weight is 487 g/mol. The van der Waals surface area contributed by atoms with Gasteiger partial charge in [0, 0.05) is 12.0 Å². The highest BCUT2D eigenvalue weighted by Crippen LogP contribution is 2.51. The zero-order valence-corrected chi connectivity index (χ0v) is 19.0. The van der Waals surface area contributed by atoms with Gasteiger partial charge in [-0.15, -0.1) is 0 Å². The highest BCUT2D eigenvalue weighted by Gasteiger charge is 2.34. The van der Waals surface area contributed by atoms with Gasteiger partial charge in [-0.05, 0) is 43.2 Å². The molecule has 0 heterocycles. The maximum absolute atomic E-state index is 13.2. The van der Waals surface area contributed by atoms with Gasteiger partial charge in [-0.2, -0.15) is 13.2 Å². The van der Waals surface area contributed by atoms with E-state index in [2.05, 4.69) is 5.32 Å². The van der Waals surface area contributed by atoms with Crippen LogP contribution in [0.25, 0.3) is 0 Å². The van der Waals surface area contributed by atoms with Crippen LogP contribution in [0.2, 0.25) is 0 Å². The molecule has 180 valence electrons. The van der Waals surface area contributed by atoms with E-state index in [1.807, 2.05) is 0 Å². The van der Waals surface area contributed by atoms with E-state index >= 15 is 0 Å². The Hall–Kier alpha value is -2.68. The van der Waals surface area contributed by atoms with Crippen LogP contribution in [0.15, 0.2) is 48.5 Å². The van der Waals surface area contributed by atoms with E-state index < -0.39 is 43.7 Å². The van der Waals surface area contributed by atoms with Gasteiger partial charge in [-0.1, -0.05) is 30.3 Å². The summed E-state index contributed by atoms with van der Waals surface area (Å²) in [5.41, 5.74) is -0.527. The summed E-state index contributed by atoms with van der Waals surface area (Å²) in [7, 11) is -3.34. The zero-order valence-electron chi connectivity index (χ0n) is 18.1. The van der Waals surface area contributed by atoms with Crippen LogP contribution in [0.4, 0.5) is 13.2 Å². The van der Waals surface area contributed by atoms with Crippen molar-refractivity contribution in [3.63, 3.8) is 0 Å². The van der Waals surface area contributed by atoms with Gasteiger partial charge < -0.3 is 19.5 Å². The van der Waals surface area contributed by atoms with Gasteiger partial charge in [0.2, 0.25) is 0 Å². The second-order valence-electron chi connectivity index (χ2n) is 7.02. The Morgan fingerprint density at radius 1 is 1.03 bits per heavy atom. The van der Waals surface area contributed by atoms with Gasteiger partial charge in [-0.25, -0.2) is 4.79 Å². The van der Waals surface area contributed by atoms with Gasteiger partial charge >= 0.3 is 19.7 Å². The monoisotopic (exact) mass is 487 g/mol. The molecule has 2 N–H and O–H groups in total. The molecule has 0 saturated heterocycles. The van der Waals surface area contributed by atoms with E-state index in [0.717, 1.165) is 6.07 Å². The molecule has 0 aromatic heterocycles. The molecule has 2 aromatic carbocycles. The van der Waals surface area contributed by atoms with Crippen LogP contribution < -0.4 is 5.32 Å². The number of nitrogens with one attached hydrogen (secondary N) is 1. The third-order valence-electron chi connectivity index (χ3n) is 4.59. The topological polar surface area (TPSA) is 102 Å². The van der Waals surface area contributed by atoms with Gasteiger partial charge in [0.05, 0.1) is 24.9 Å². The number of aliphatic carboxylic acids is 1. The van der Waals surface area contributed by atoms with Crippen LogP contribution in [0.5, 0.6) is 0 Å². The van der Waals surface area contributed by atoms with Crippen molar-refractivity contribution in [1.29, 1.82) is 0 Å². The van der Waals surface area contributed by atoms with Crippen LogP contribution in [-0.2, 0) is 37.2 Å². The Morgan fingerprint density at radius 2 is 1.61 bits per heavy atom. The first-order valence-corrected chi connectivity index (χ1v) is 11.9. The molecule has 0 bridgehead atoms. The number of alkyl halides is 3. The van der Waals surface area contributed by atoms with Crippen molar-refractivity contribution in [1.82, 2.24) is 5.32 Å². The van der Waals surface area contributed by atoms with Crippen molar-refractivity contribution < 1.29 is 41.5 Å². The largest absolute Gasteiger partial charge is 0.480 e. The van der Waals surface area contributed by atoms with Gasteiger partial charge in [0.1, 0.15) is 6.04 Å². The van der Waals surface area contributed by atoms with E-state index in [0.29, 0.717) is 5.56 Å². The smallest absolute Gasteiger partial charge is 0.416 e. The molecular formula is C22H25F3NO6P. The molecule has 0 unspecified atom stereocenters. The maximum atomic E-state index is 13.2. The molecule has 1 amide bonds. The molecular weight excluding hydrogens is 462 g/mol. The molecule has 0 aliphatic rings. The Bertz CT molecular complexity index is 1000. The number of halogens is 3. The van der Waals surface area contributed by atoms with E-state index in [4.69, 9.17) is 9.05 Å². The highest BCUT2D eigenvalue weighted by molar-refractivity contribution is 7.53. The van der Waals surface area contributed by atoms with Crippen molar-refractivity contribution in [2.75, 3.05) is 13.2 Å². The highest BCUT2D eigenvalue weighted by atomic mass is 31.2. The van der Waals surface area contributed by atoms with E-state index in [9.17, 15) is 32.4 Å². The fourth-order valence-electron chi connectivity index (χ4n) is 3.14. The quantitative estimate of drug-likeness (QED) is 0.438. The molecule has 33 heavy (non-hydrogen) atoms. The summed E-state index contributed by atoms with van der Waals surface area (Å²) in [5.74, 6) is -2.23. The standard InChI is InChI=1S/C22H25F3NO6P/c1-3-31-33(30,32-4-2)14-15-9-11-16(12-10-15)20(27)26-19(21(28)29)13-17-7-5-6-8-18(17)22(23,24)25/h5-12,19H,3-4,13-14H2,1-2H3,(H,26,27)(H,28,29)/t19-/m1/s1. The molecule has 2 aromatic rings. The lowest BCUT2D eigenvalue weighted by molar-refractivity contribution is -0.141. The molecule has 0 aliphatic carbocycles. The summed E-state index contributed by atoms with van der Waals surface area (Å²) in [4.78, 5) is 24.1. The number of amides is 1. The number of hydrogen-bond donors (Lipinski definition) is 2. The molecule has 0 aliphatic heterocycles. The van der Waals surface area contributed by atoms with Crippen LogP contribution in [-0.4, -0.2) is 36.2 Å². The number of carboxylic acids is 1. The van der Waals surface area contributed by atoms with E-state index in [-0.39, 0.29) is 30.5 Å². The maximum Gasteiger partial charge on any atom is 0.416 e. The van der Waals surface area contributed by atoms with Crippen LogP contribution in [0.3, 0.4) is 0 Å². The first-order valence-electron chi connectivity index (χ1n) is 10.1. The van der Waals surface area contributed by atoms with Crippen molar-refractivity contribution in [3.8, 4) is 0 Å². The molecule has 7 nitrogen and oxygen atoms in total. The Kier molecular flexibility index (Phi) is 9.22. The van der Waals surface area contributed by atoms with Crippen molar-refractivity contribution in [3.05, 3.63) is 70.8 Å². The number of hydrogen-bond acceptors (Lipinski definition) is 5. The minimum absolute atomic E-state index is 0.0114. The average Bonchev–Trinajstić information content (AvgIpc) is 2.73. The summed E-state index contributed by atoms with van der Waals surface area (Å²) in [6.07, 6.45) is -5.20. The lowest BCUT2D eigenvalue weighted by atomic mass is 9.99. The number of carbonyl (C=O) groups excluding carboxylic acids is 1. The normalized spacial score (nSPS) is 12.9.